The first-order valence-electron chi connectivity index (χ1n) is 9.77. The van der Waals surface area contributed by atoms with Crippen LogP contribution in [0.15, 0.2) is 97.1 Å². The van der Waals surface area contributed by atoms with Crippen LogP contribution in [-0.2, 0) is 11.2 Å². The molecule has 0 bridgehead atoms. The number of rotatable bonds is 6. The highest BCUT2D eigenvalue weighted by molar-refractivity contribution is 5.97. The Hall–Kier alpha value is -3.92. The van der Waals surface area contributed by atoms with Gasteiger partial charge in [0, 0.05) is 12.0 Å². The van der Waals surface area contributed by atoms with Gasteiger partial charge in [0.15, 0.2) is 0 Å². The summed E-state index contributed by atoms with van der Waals surface area (Å²) >= 11 is 0. The van der Waals surface area contributed by atoms with Gasteiger partial charge >= 0.3 is 5.97 Å². The van der Waals surface area contributed by atoms with Crippen LogP contribution in [0.25, 0.3) is 21.9 Å². The van der Waals surface area contributed by atoms with Gasteiger partial charge in [0.05, 0.1) is 0 Å². The number of amides is 1. The van der Waals surface area contributed by atoms with Crippen LogP contribution >= 0.6 is 0 Å². The maximum Gasteiger partial charge on any atom is 0.326 e. The van der Waals surface area contributed by atoms with Gasteiger partial charge in [0.2, 0.25) is 0 Å². The molecule has 0 aliphatic heterocycles. The number of benzene rings is 4. The molecule has 0 aliphatic carbocycles. The molecule has 148 valence electrons. The molecule has 1 atom stereocenters. The predicted molar refractivity (Wildman–Crippen MR) is 118 cm³/mol. The summed E-state index contributed by atoms with van der Waals surface area (Å²) in [4.78, 5) is 24.0. The number of carbonyl (C=O) groups excluding carboxylic acids is 1. The van der Waals surface area contributed by atoms with Gasteiger partial charge in [-0.05, 0) is 39.6 Å². The summed E-state index contributed by atoms with van der Waals surface area (Å²) in [5, 5.41) is 14.5. The number of carbonyl (C=O) groups is 2. The van der Waals surface area contributed by atoms with Crippen LogP contribution in [0.5, 0.6) is 0 Å². The normalized spacial score (nSPS) is 11.7. The summed E-state index contributed by atoms with van der Waals surface area (Å²) in [6.07, 6.45) is 0.212. The van der Waals surface area contributed by atoms with E-state index < -0.39 is 17.9 Å². The minimum absolute atomic E-state index is 0.212. The molecule has 0 unspecified atom stereocenters. The van der Waals surface area contributed by atoms with E-state index in [0.29, 0.717) is 5.56 Å². The highest BCUT2D eigenvalue weighted by Gasteiger charge is 2.21. The minimum Gasteiger partial charge on any atom is -0.480 e. The van der Waals surface area contributed by atoms with Crippen LogP contribution in [-0.4, -0.2) is 23.0 Å². The summed E-state index contributed by atoms with van der Waals surface area (Å²) < 4.78 is 0. The number of carboxylic acid groups (broad SMARTS) is 1. The Bertz CT molecular complexity index is 1180. The summed E-state index contributed by atoms with van der Waals surface area (Å²) in [7, 11) is 0. The van der Waals surface area contributed by atoms with Gasteiger partial charge in [-0.3, -0.25) is 4.79 Å². The summed E-state index contributed by atoms with van der Waals surface area (Å²) in [6, 6.07) is 29.9. The summed E-state index contributed by atoms with van der Waals surface area (Å²) in [5.41, 5.74) is 3.48. The minimum atomic E-state index is -1.06. The van der Waals surface area contributed by atoms with Gasteiger partial charge in [-0.25, -0.2) is 4.79 Å². The fourth-order valence-corrected chi connectivity index (χ4v) is 3.56. The Balaban J connectivity index is 1.53. The molecule has 2 N–H and O–H groups in total. The van der Waals surface area contributed by atoms with Crippen molar-refractivity contribution >= 4 is 22.6 Å². The molecule has 0 saturated heterocycles. The number of hydrogen-bond donors (Lipinski definition) is 2. The molecule has 4 heteroatoms. The summed E-state index contributed by atoms with van der Waals surface area (Å²) in [5.74, 6) is -1.45. The van der Waals surface area contributed by atoms with Gasteiger partial charge < -0.3 is 10.4 Å². The molecule has 4 rings (SSSR count). The van der Waals surface area contributed by atoms with Crippen molar-refractivity contribution in [2.75, 3.05) is 0 Å². The van der Waals surface area contributed by atoms with Gasteiger partial charge in [0.1, 0.15) is 6.04 Å². The molecule has 0 spiro atoms. The molecule has 4 nitrogen and oxygen atoms in total. The van der Waals surface area contributed by atoms with Crippen LogP contribution in [0, 0.1) is 0 Å². The van der Waals surface area contributed by atoms with Crippen LogP contribution in [0.1, 0.15) is 15.9 Å². The van der Waals surface area contributed by atoms with Crippen LogP contribution in [0.3, 0.4) is 0 Å². The van der Waals surface area contributed by atoms with Gasteiger partial charge in [0.25, 0.3) is 5.91 Å². The number of aliphatic carboxylic acids is 1. The second-order valence-electron chi connectivity index (χ2n) is 7.16. The standard InChI is InChI=1S/C26H21NO3/c28-25(21-8-2-1-3-9-21)27-24(26(29)30)17-18-13-15-20(16-14-18)23-12-6-10-19-7-4-5-11-22(19)23/h1-16,24H,17H2,(H,27,28)(H,29,30)/t24-/m0/s1. The predicted octanol–water partition coefficient (Wildman–Crippen LogP) is 4.93. The fourth-order valence-electron chi connectivity index (χ4n) is 3.56. The topological polar surface area (TPSA) is 66.4 Å². The Kier molecular flexibility index (Phi) is 5.57. The first-order chi connectivity index (χ1) is 14.6. The van der Waals surface area contributed by atoms with E-state index in [9.17, 15) is 14.7 Å². The van der Waals surface area contributed by atoms with Gasteiger partial charge in [-0.1, -0.05) is 84.9 Å². The van der Waals surface area contributed by atoms with Crippen molar-refractivity contribution in [1.82, 2.24) is 5.32 Å². The first kappa shape index (κ1) is 19.4. The van der Waals surface area contributed by atoms with E-state index >= 15 is 0 Å². The molecule has 0 radical (unpaired) electrons. The van der Waals surface area contributed by atoms with Crippen molar-refractivity contribution in [3.05, 3.63) is 108 Å². The number of fused-ring (bicyclic) bond motifs is 1. The van der Waals surface area contributed by atoms with Crippen LogP contribution < -0.4 is 5.32 Å². The van der Waals surface area contributed by atoms with Crippen molar-refractivity contribution in [2.24, 2.45) is 0 Å². The van der Waals surface area contributed by atoms with Crippen molar-refractivity contribution in [3.63, 3.8) is 0 Å². The molecule has 4 aromatic rings. The third-order valence-corrected chi connectivity index (χ3v) is 5.13. The van der Waals surface area contributed by atoms with Gasteiger partial charge in [-0.2, -0.15) is 0 Å². The van der Waals surface area contributed by atoms with Crippen LogP contribution in [0.4, 0.5) is 0 Å². The second-order valence-corrected chi connectivity index (χ2v) is 7.16. The zero-order chi connectivity index (χ0) is 20.9. The van der Waals surface area contributed by atoms with E-state index in [1.807, 2.05) is 48.5 Å². The third-order valence-electron chi connectivity index (χ3n) is 5.13. The second kappa shape index (κ2) is 8.62. The van der Waals surface area contributed by atoms with E-state index in [4.69, 9.17) is 0 Å². The van der Waals surface area contributed by atoms with E-state index in [-0.39, 0.29) is 6.42 Å². The molecule has 0 saturated carbocycles. The Morgan fingerprint density at radius 2 is 1.43 bits per heavy atom. The smallest absolute Gasteiger partial charge is 0.326 e. The van der Waals surface area contributed by atoms with Crippen molar-refractivity contribution in [1.29, 1.82) is 0 Å². The van der Waals surface area contributed by atoms with E-state index in [2.05, 4.69) is 29.6 Å². The van der Waals surface area contributed by atoms with E-state index in [1.54, 1.807) is 24.3 Å². The maximum atomic E-state index is 12.3. The Morgan fingerprint density at radius 1 is 0.767 bits per heavy atom. The molecule has 0 heterocycles. The lowest BCUT2D eigenvalue weighted by atomic mass is 9.96. The van der Waals surface area contributed by atoms with E-state index in [0.717, 1.165) is 16.7 Å². The quantitative estimate of drug-likeness (QED) is 0.486. The Morgan fingerprint density at radius 3 is 2.17 bits per heavy atom. The lowest BCUT2D eigenvalue weighted by molar-refractivity contribution is -0.139. The number of hydrogen-bond acceptors (Lipinski definition) is 2. The monoisotopic (exact) mass is 395 g/mol. The molecule has 0 aliphatic rings. The Labute approximate surface area is 174 Å². The summed E-state index contributed by atoms with van der Waals surface area (Å²) in [6.45, 7) is 0. The average molecular weight is 395 g/mol. The number of nitrogens with one attached hydrogen (secondary N) is 1. The lowest BCUT2D eigenvalue weighted by Gasteiger charge is -2.15. The van der Waals surface area contributed by atoms with E-state index in [1.165, 1.54) is 10.8 Å². The average Bonchev–Trinajstić information content (AvgIpc) is 2.79. The van der Waals surface area contributed by atoms with Gasteiger partial charge in [-0.15, -0.1) is 0 Å². The molecule has 1 amide bonds. The lowest BCUT2D eigenvalue weighted by Crippen LogP contribution is -2.42. The highest BCUT2D eigenvalue weighted by Crippen LogP contribution is 2.28. The van der Waals surface area contributed by atoms with Crippen molar-refractivity contribution in [2.45, 2.75) is 12.5 Å². The molecule has 0 aromatic heterocycles. The highest BCUT2D eigenvalue weighted by atomic mass is 16.4. The van der Waals surface area contributed by atoms with Crippen molar-refractivity contribution in [3.8, 4) is 11.1 Å². The molecule has 30 heavy (non-hydrogen) atoms. The van der Waals surface area contributed by atoms with Crippen molar-refractivity contribution < 1.29 is 14.7 Å². The molecule has 0 fully saturated rings. The fraction of sp³-hybridized carbons (Fsp3) is 0.0769. The zero-order valence-electron chi connectivity index (χ0n) is 16.3. The maximum absolute atomic E-state index is 12.3. The zero-order valence-corrected chi connectivity index (χ0v) is 16.3. The largest absolute Gasteiger partial charge is 0.480 e. The first-order valence-corrected chi connectivity index (χ1v) is 9.77. The third kappa shape index (κ3) is 4.23. The van der Waals surface area contributed by atoms with Crippen LogP contribution in [0.2, 0.25) is 0 Å². The molecule has 4 aromatic carbocycles. The molecular weight excluding hydrogens is 374 g/mol. The molecular formula is C26H21NO3. The SMILES string of the molecule is O=C(N[C@@H](Cc1ccc(-c2cccc3ccccc23)cc1)C(=O)O)c1ccccc1. The number of carboxylic acids is 1.